The lowest BCUT2D eigenvalue weighted by atomic mass is 9.47. The van der Waals surface area contributed by atoms with Crippen LogP contribution in [0.3, 0.4) is 0 Å². The Morgan fingerprint density at radius 1 is 1.00 bits per heavy atom. The summed E-state index contributed by atoms with van der Waals surface area (Å²) < 4.78 is 5.50. The molecule has 8 atom stereocenters. The van der Waals surface area contributed by atoms with Crippen LogP contribution in [0, 0.1) is 46.3 Å². The molecule has 4 aliphatic carbocycles. The highest BCUT2D eigenvalue weighted by Gasteiger charge is 2.59. The number of rotatable bonds is 12. The SMILES string of the molecule is CC(C)CCC[C@@H](C)[C@H]1CCC2C3CC=C4CC(NC(=O)OCCCCCCN)CC[C@]4(C)C3CC[C@@]21C. The Labute approximate surface area is 234 Å². The number of nitrogens with two attached hydrogens (primary N) is 1. The van der Waals surface area contributed by atoms with E-state index in [9.17, 15) is 4.79 Å². The summed E-state index contributed by atoms with van der Waals surface area (Å²) in [5.74, 6) is 5.23. The maximum Gasteiger partial charge on any atom is 0.407 e. The van der Waals surface area contributed by atoms with E-state index < -0.39 is 0 Å². The summed E-state index contributed by atoms with van der Waals surface area (Å²) in [6.45, 7) is 13.8. The fourth-order valence-corrected chi connectivity index (χ4v) is 9.78. The van der Waals surface area contributed by atoms with E-state index in [-0.39, 0.29) is 12.1 Å². The standard InChI is InChI=1S/C34H60N2O2/c1-24(2)11-10-12-25(3)29-15-16-30-28-14-13-26-23-27(36-32(37)38-22-9-7-6-8-21-35)17-19-33(26,4)31(28)18-20-34(29,30)5/h13,24-25,27-31H,6-12,14-23,35H2,1-5H3,(H,36,37)/t25-,27?,28?,29-,30?,31?,33+,34-/m1/s1. The number of fused-ring (bicyclic) bond motifs is 5. The van der Waals surface area contributed by atoms with Crippen LogP contribution in [0.25, 0.3) is 0 Å². The van der Waals surface area contributed by atoms with E-state index in [0.717, 1.165) is 80.6 Å². The molecule has 1 amide bonds. The first kappa shape index (κ1) is 29.9. The molecule has 0 saturated heterocycles. The Bertz CT molecular complexity index is 808. The van der Waals surface area contributed by atoms with E-state index >= 15 is 0 Å². The molecular weight excluding hydrogens is 468 g/mol. The Morgan fingerprint density at radius 2 is 1.79 bits per heavy atom. The first-order valence-corrected chi connectivity index (χ1v) is 16.5. The van der Waals surface area contributed by atoms with E-state index in [1.165, 1.54) is 57.8 Å². The molecule has 4 nitrogen and oxygen atoms in total. The molecule has 4 aliphatic rings. The summed E-state index contributed by atoms with van der Waals surface area (Å²) in [5.41, 5.74) is 8.07. The van der Waals surface area contributed by atoms with Gasteiger partial charge in [-0.3, -0.25) is 0 Å². The van der Waals surface area contributed by atoms with Crippen LogP contribution in [0.4, 0.5) is 4.79 Å². The first-order valence-electron chi connectivity index (χ1n) is 16.5. The molecule has 4 heteroatoms. The van der Waals surface area contributed by atoms with Gasteiger partial charge in [0.2, 0.25) is 0 Å². The van der Waals surface area contributed by atoms with Gasteiger partial charge in [-0.2, -0.15) is 0 Å². The molecule has 218 valence electrons. The number of amides is 1. The van der Waals surface area contributed by atoms with Crippen molar-refractivity contribution in [3.05, 3.63) is 11.6 Å². The van der Waals surface area contributed by atoms with Gasteiger partial charge in [-0.05, 0) is 117 Å². The van der Waals surface area contributed by atoms with Crippen molar-refractivity contribution in [2.45, 2.75) is 137 Å². The highest BCUT2D eigenvalue weighted by Crippen LogP contribution is 2.67. The number of hydrogen-bond acceptors (Lipinski definition) is 3. The zero-order valence-electron chi connectivity index (χ0n) is 25.5. The fourth-order valence-electron chi connectivity index (χ4n) is 9.78. The number of unbranched alkanes of at least 4 members (excludes halogenated alkanes) is 3. The van der Waals surface area contributed by atoms with Gasteiger partial charge in [0, 0.05) is 6.04 Å². The second-order valence-electron chi connectivity index (χ2n) is 14.7. The van der Waals surface area contributed by atoms with E-state index in [1.54, 1.807) is 5.57 Å². The highest BCUT2D eigenvalue weighted by molar-refractivity contribution is 5.67. The molecule has 0 heterocycles. The van der Waals surface area contributed by atoms with Crippen molar-refractivity contribution in [1.29, 1.82) is 0 Å². The second-order valence-corrected chi connectivity index (χ2v) is 14.7. The van der Waals surface area contributed by atoms with E-state index in [2.05, 4.69) is 46.0 Å². The third kappa shape index (κ3) is 6.47. The van der Waals surface area contributed by atoms with Crippen molar-refractivity contribution in [3.8, 4) is 0 Å². The summed E-state index contributed by atoms with van der Waals surface area (Å²) in [5, 5.41) is 3.21. The second kappa shape index (κ2) is 13.1. The number of carbonyl (C=O) groups is 1. The summed E-state index contributed by atoms with van der Waals surface area (Å²) in [6, 6.07) is 0.229. The maximum absolute atomic E-state index is 12.4. The summed E-state index contributed by atoms with van der Waals surface area (Å²) in [6.07, 6.45) is 21.1. The van der Waals surface area contributed by atoms with Gasteiger partial charge in [-0.1, -0.05) is 78.4 Å². The lowest BCUT2D eigenvalue weighted by molar-refractivity contribution is -0.0514. The molecule has 38 heavy (non-hydrogen) atoms. The predicted molar refractivity (Wildman–Crippen MR) is 159 cm³/mol. The van der Waals surface area contributed by atoms with Gasteiger partial charge < -0.3 is 15.8 Å². The molecule has 0 bridgehead atoms. The molecule has 0 aromatic carbocycles. The number of carbonyl (C=O) groups excluding carboxylic acids is 1. The van der Waals surface area contributed by atoms with Crippen LogP contribution in [0.1, 0.15) is 131 Å². The van der Waals surface area contributed by atoms with Crippen LogP contribution in [0.2, 0.25) is 0 Å². The normalized spacial score (nSPS) is 37.1. The Balaban J connectivity index is 1.31. The Kier molecular flexibility index (Phi) is 10.3. The van der Waals surface area contributed by atoms with Crippen molar-refractivity contribution in [1.82, 2.24) is 5.32 Å². The zero-order chi connectivity index (χ0) is 27.3. The van der Waals surface area contributed by atoms with Gasteiger partial charge >= 0.3 is 6.09 Å². The quantitative estimate of drug-likeness (QED) is 0.197. The van der Waals surface area contributed by atoms with E-state index in [4.69, 9.17) is 10.5 Å². The molecule has 3 saturated carbocycles. The van der Waals surface area contributed by atoms with Gasteiger partial charge in [0.25, 0.3) is 0 Å². The smallest absolute Gasteiger partial charge is 0.407 e. The molecular formula is C34H60N2O2. The van der Waals surface area contributed by atoms with Crippen LogP contribution < -0.4 is 11.1 Å². The topological polar surface area (TPSA) is 64.3 Å². The van der Waals surface area contributed by atoms with Gasteiger partial charge in [-0.15, -0.1) is 0 Å². The van der Waals surface area contributed by atoms with Crippen LogP contribution in [0.15, 0.2) is 11.6 Å². The molecule has 0 spiro atoms. The average molecular weight is 529 g/mol. The zero-order valence-corrected chi connectivity index (χ0v) is 25.5. The largest absolute Gasteiger partial charge is 0.450 e. The highest BCUT2D eigenvalue weighted by atomic mass is 16.5. The minimum Gasteiger partial charge on any atom is -0.450 e. The van der Waals surface area contributed by atoms with Crippen LogP contribution in [-0.2, 0) is 4.74 Å². The average Bonchev–Trinajstić information content (AvgIpc) is 3.23. The first-order chi connectivity index (χ1) is 18.2. The molecule has 0 aliphatic heterocycles. The minimum atomic E-state index is -0.223. The van der Waals surface area contributed by atoms with Crippen molar-refractivity contribution in [2.24, 2.45) is 52.1 Å². The number of allylic oxidation sites excluding steroid dienone is 1. The number of ether oxygens (including phenoxy) is 1. The van der Waals surface area contributed by atoms with Crippen molar-refractivity contribution < 1.29 is 9.53 Å². The molecule has 0 radical (unpaired) electrons. The molecule has 0 aromatic rings. The maximum atomic E-state index is 12.4. The lowest BCUT2D eigenvalue weighted by Gasteiger charge is -2.58. The number of hydrogen-bond donors (Lipinski definition) is 2. The molecule has 3 fully saturated rings. The molecule has 3 N–H and O–H groups in total. The summed E-state index contributed by atoms with van der Waals surface area (Å²) in [7, 11) is 0. The van der Waals surface area contributed by atoms with Gasteiger partial charge in [-0.25, -0.2) is 4.79 Å². The predicted octanol–water partition coefficient (Wildman–Crippen LogP) is 8.64. The summed E-state index contributed by atoms with van der Waals surface area (Å²) >= 11 is 0. The Morgan fingerprint density at radius 3 is 2.55 bits per heavy atom. The van der Waals surface area contributed by atoms with Crippen LogP contribution >= 0.6 is 0 Å². The summed E-state index contributed by atoms with van der Waals surface area (Å²) in [4.78, 5) is 12.4. The molecule has 4 rings (SSSR count). The Hall–Kier alpha value is -1.03. The third-order valence-corrected chi connectivity index (χ3v) is 12.0. The van der Waals surface area contributed by atoms with E-state index in [0.29, 0.717) is 17.4 Å². The van der Waals surface area contributed by atoms with Gasteiger partial charge in [0.1, 0.15) is 0 Å². The monoisotopic (exact) mass is 528 g/mol. The van der Waals surface area contributed by atoms with Crippen molar-refractivity contribution in [2.75, 3.05) is 13.2 Å². The lowest BCUT2D eigenvalue weighted by Crippen LogP contribution is -2.52. The molecule has 0 aromatic heterocycles. The van der Waals surface area contributed by atoms with Gasteiger partial charge in [0.15, 0.2) is 0 Å². The minimum absolute atomic E-state index is 0.223. The fraction of sp³-hybridized carbons (Fsp3) is 0.912. The third-order valence-electron chi connectivity index (χ3n) is 12.0. The van der Waals surface area contributed by atoms with Crippen molar-refractivity contribution >= 4 is 6.09 Å². The van der Waals surface area contributed by atoms with E-state index in [1.807, 2.05) is 0 Å². The van der Waals surface area contributed by atoms with Gasteiger partial charge in [0.05, 0.1) is 6.61 Å². The molecule has 4 unspecified atom stereocenters. The van der Waals surface area contributed by atoms with Crippen molar-refractivity contribution in [3.63, 3.8) is 0 Å². The van der Waals surface area contributed by atoms with Crippen LogP contribution in [-0.4, -0.2) is 25.3 Å². The number of alkyl carbamates (subject to hydrolysis) is 1. The van der Waals surface area contributed by atoms with Crippen LogP contribution in [0.5, 0.6) is 0 Å². The number of nitrogens with one attached hydrogen (secondary N) is 1.